The van der Waals surface area contributed by atoms with E-state index in [-0.39, 0.29) is 18.3 Å². The maximum atomic E-state index is 12.1. The smallest absolute Gasteiger partial charge is 0.268 e. The molecule has 2 aliphatic rings. The number of carbonyl (C=O) groups is 1. The van der Waals surface area contributed by atoms with Crippen LogP contribution < -0.4 is 10.6 Å². The van der Waals surface area contributed by atoms with Crippen molar-refractivity contribution < 1.29 is 4.79 Å². The monoisotopic (exact) mass is 333 g/mol. The summed E-state index contributed by atoms with van der Waals surface area (Å²) in [5.41, 5.74) is 0.748. The standard InChI is InChI=1S/C12H16BrN3O.ClH/c1-2-16-6-7(13)3-10(16)12(17)15-11-8-4-14-5-9(8)11;/h3,6,8-9,11,14H,2,4-5H2,1H3,(H,15,17);1H. The topological polar surface area (TPSA) is 46.1 Å². The van der Waals surface area contributed by atoms with E-state index < -0.39 is 0 Å². The molecule has 1 saturated heterocycles. The first-order chi connectivity index (χ1) is 8.20. The lowest BCUT2D eigenvalue weighted by Gasteiger charge is -2.09. The number of fused-ring (bicyclic) bond motifs is 1. The average molecular weight is 335 g/mol. The van der Waals surface area contributed by atoms with Crippen LogP contribution in [-0.2, 0) is 6.54 Å². The molecule has 18 heavy (non-hydrogen) atoms. The van der Waals surface area contributed by atoms with Gasteiger partial charge >= 0.3 is 0 Å². The van der Waals surface area contributed by atoms with Gasteiger partial charge < -0.3 is 15.2 Å². The first-order valence-corrected chi connectivity index (χ1v) is 6.87. The number of nitrogens with zero attached hydrogens (tertiary/aromatic N) is 1. The van der Waals surface area contributed by atoms with Gasteiger partial charge in [-0.15, -0.1) is 12.4 Å². The molecule has 1 amide bonds. The van der Waals surface area contributed by atoms with Gasteiger partial charge in [0.1, 0.15) is 5.69 Å². The van der Waals surface area contributed by atoms with Gasteiger partial charge in [-0.25, -0.2) is 0 Å². The van der Waals surface area contributed by atoms with Crippen LogP contribution in [0.3, 0.4) is 0 Å². The van der Waals surface area contributed by atoms with Crippen molar-refractivity contribution in [3.8, 4) is 0 Å². The van der Waals surface area contributed by atoms with Gasteiger partial charge in [0.05, 0.1) is 0 Å². The number of carbonyl (C=O) groups excluding carboxylic acids is 1. The van der Waals surface area contributed by atoms with Crippen molar-refractivity contribution in [3.05, 3.63) is 22.4 Å². The number of aromatic nitrogens is 1. The van der Waals surface area contributed by atoms with Gasteiger partial charge in [-0.2, -0.15) is 0 Å². The highest BCUT2D eigenvalue weighted by atomic mass is 79.9. The number of rotatable bonds is 3. The lowest BCUT2D eigenvalue weighted by Crippen LogP contribution is -2.33. The van der Waals surface area contributed by atoms with Gasteiger partial charge in [0.2, 0.25) is 0 Å². The minimum atomic E-state index is 0. The van der Waals surface area contributed by atoms with Crippen molar-refractivity contribution in [1.29, 1.82) is 0 Å². The van der Waals surface area contributed by atoms with E-state index in [9.17, 15) is 4.79 Å². The molecule has 1 aromatic heterocycles. The highest BCUT2D eigenvalue weighted by Crippen LogP contribution is 2.41. The van der Waals surface area contributed by atoms with Crippen LogP contribution in [0.15, 0.2) is 16.7 Å². The molecule has 2 fully saturated rings. The summed E-state index contributed by atoms with van der Waals surface area (Å²) in [5, 5.41) is 6.47. The summed E-state index contributed by atoms with van der Waals surface area (Å²) in [4.78, 5) is 12.1. The maximum absolute atomic E-state index is 12.1. The number of hydrogen-bond acceptors (Lipinski definition) is 2. The lowest BCUT2D eigenvalue weighted by atomic mass is 10.3. The fraction of sp³-hybridized carbons (Fsp3) is 0.583. The first kappa shape index (κ1) is 13.9. The molecular weight excluding hydrogens is 318 g/mol. The quantitative estimate of drug-likeness (QED) is 0.883. The van der Waals surface area contributed by atoms with Crippen molar-refractivity contribution >= 4 is 34.2 Å². The molecule has 0 aromatic carbocycles. The Hall–Kier alpha value is -0.520. The van der Waals surface area contributed by atoms with E-state index in [2.05, 4.69) is 26.6 Å². The second kappa shape index (κ2) is 5.23. The molecule has 6 heteroatoms. The normalized spacial score (nSPS) is 28.4. The summed E-state index contributed by atoms with van der Waals surface area (Å²) in [6.07, 6.45) is 1.95. The van der Waals surface area contributed by atoms with E-state index in [1.54, 1.807) is 0 Å². The number of aryl methyl sites for hydroxylation is 1. The Morgan fingerprint density at radius 2 is 2.22 bits per heavy atom. The van der Waals surface area contributed by atoms with Crippen LogP contribution >= 0.6 is 28.3 Å². The van der Waals surface area contributed by atoms with Crippen molar-refractivity contribution in [2.24, 2.45) is 11.8 Å². The fourth-order valence-electron chi connectivity index (χ4n) is 2.78. The molecule has 2 unspecified atom stereocenters. The first-order valence-electron chi connectivity index (χ1n) is 6.08. The van der Waals surface area contributed by atoms with Crippen LogP contribution in [0.5, 0.6) is 0 Å². The third-order valence-electron chi connectivity index (χ3n) is 3.83. The van der Waals surface area contributed by atoms with Gasteiger partial charge in [0.15, 0.2) is 0 Å². The minimum Gasteiger partial charge on any atom is -0.347 e. The summed E-state index contributed by atoms with van der Waals surface area (Å²) in [5.74, 6) is 1.37. The Labute approximate surface area is 121 Å². The Balaban J connectivity index is 0.00000120. The molecule has 0 radical (unpaired) electrons. The summed E-state index contributed by atoms with van der Waals surface area (Å²) < 4.78 is 2.93. The van der Waals surface area contributed by atoms with Gasteiger partial charge in [0.25, 0.3) is 5.91 Å². The summed E-state index contributed by atoms with van der Waals surface area (Å²) in [6.45, 7) is 4.95. The van der Waals surface area contributed by atoms with Crippen molar-refractivity contribution in [1.82, 2.24) is 15.2 Å². The van der Waals surface area contributed by atoms with Crippen LogP contribution in [0.2, 0.25) is 0 Å². The average Bonchev–Trinajstić information content (AvgIpc) is 2.75. The predicted molar refractivity (Wildman–Crippen MR) is 76.2 cm³/mol. The molecule has 4 nitrogen and oxygen atoms in total. The van der Waals surface area contributed by atoms with Gasteiger partial charge in [0, 0.05) is 36.3 Å². The second-order valence-electron chi connectivity index (χ2n) is 4.81. The zero-order valence-electron chi connectivity index (χ0n) is 10.1. The maximum Gasteiger partial charge on any atom is 0.268 e. The molecule has 1 aromatic rings. The molecule has 100 valence electrons. The fourth-order valence-corrected chi connectivity index (χ4v) is 3.25. The van der Waals surface area contributed by atoms with Crippen molar-refractivity contribution in [2.75, 3.05) is 13.1 Å². The van der Waals surface area contributed by atoms with E-state index in [0.717, 1.165) is 29.8 Å². The number of hydrogen-bond donors (Lipinski definition) is 2. The van der Waals surface area contributed by atoms with Gasteiger partial charge in [-0.3, -0.25) is 4.79 Å². The third-order valence-corrected chi connectivity index (χ3v) is 4.26. The highest BCUT2D eigenvalue weighted by Gasteiger charge is 2.53. The number of amides is 1. The molecule has 1 aliphatic carbocycles. The molecular formula is C12H17BrClN3O. The molecule has 1 saturated carbocycles. The number of halogens is 2. The number of nitrogens with one attached hydrogen (secondary N) is 2. The molecule has 2 atom stereocenters. The Morgan fingerprint density at radius 3 is 2.83 bits per heavy atom. The van der Waals surface area contributed by atoms with Crippen LogP contribution in [-0.4, -0.2) is 29.6 Å². The predicted octanol–water partition coefficient (Wildman–Crippen LogP) is 1.64. The third kappa shape index (κ3) is 2.31. The summed E-state index contributed by atoms with van der Waals surface area (Å²) in [7, 11) is 0. The molecule has 0 spiro atoms. The molecule has 0 bridgehead atoms. The zero-order chi connectivity index (χ0) is 12.0. The van der Waals surface area contributed by atoms with Crippen LogP contribution in [0.4, 0.5) is 0 Å². The Morgan fingerprint density at radius 1 is 1.56 bits per heavy atom. The second-order valence-corrected chi connectivity index (χ2v) is 5.73. The SMILES string of the molecule is CCn1cc(Br)cc1C(=O)NC1C2CNCC21.Cl. The highest BCUT2D eigenvalue weighted by molar-refractivity contribution is 9.10. The number of piperidine rings is 1. The molecule has 2 heterocycles. The van der Waals surface area contributed by atoms with Crippen LogP contribution in [0.1, 0.15) is 17.4 Å². The minimum absolute atomic E-state index is 0. The Kier molecular flexibility index (Phi) is 4.04. The Bertz CT molecular complexity index is 452. The summed E-state index contributed by atoms with van der Waals surface area (Å²) >= 11 is 3.41. The lowest BCUT2D eigenvalue weighted by molar-refractivity contribution is 0.0937. The van der Waals surface area contributed by atoms with E-state index in [1.165, 1.54) is 0 Å². The van der Waals surface area contributed by atoms with E-state index in [4.69, 9.17) is 0 Å². The van der Waals surface area contributed by atoms with E-state index in [1.807, 2.05) is 23.8 Å². The summed E-state index contributed by atoms with van der Waals surface area (Å²) in [6, 6.07) is 2.28. The molecule has 3 rings (SSSR count). The van der Waals surface area contributed by atoms with Crippen LogP contribution in [0.25, 0.3) is 0 Å². The largest absolute Gasteiger partial charge is 0.347 e. The van der Waals surface area contributed by atoms with Gasteiger partial charge in [-0.1, -0.05) is 0 Å². The van der Waals surface area contributed by atoms with Gasteiger partial charge in [-0.05, 0) is 40.8 Å². The van der Waals surface area contributed by atoms with E-state index >= 15 is 0 Å². The van der Waals surface area contributed by atoms with Crippen molar-refractivity contribution in [3.63, 3.8) is 0 Å². The molecule has 2 N–H and O–H groups in total. The van der Waals surface area contributed by atoms with E-state index in [0.29, 0.717) is 17.9 Å². The zero-order valence-corrected chi connectivity index (χ0v) is 12.6. The molecule has 1 aliphatic heterocycles. The van der Waals surface area contributed by atoms with Crippen molar-refractivity contribution in [2.45, 2.75) is 19.5 Å². The van der Waals surface area contributed by atoms with Crippen LogP contribution in [0, 0.1) is 11.8 Å².